The number of carbonyl (C=O) groups excluding carboxylic acids is 1. The molecule has 0 unspecified atom stereocenters. The van der Waals surface area contributed by atoms with E-state index >= 15 is 0 Å². The van der Waals surface area contributed by atoms with E-state index in [-0.39, 0.29) is 23.7 Å². The fourth-order valence-electron chi connectivity index (χ4n) is 12.3. The fraction of sp³-hybridized carbons (Fsp3) is 0.889. The van der Waals surface area contributed by atoms with Crippen LogP contribution in [-0.2, 0) is 19.1 Å². The van der Waals surface area contributed by atoms with Crippen molar-refractivity contribution in [1.82, 2.24) is 0 Å². The van der Waals surface area contributed by atoms with Gasteiger partial charge in [-0.25, -0.2) is 0 Å². The fourth-order valence-corrected chi connectivity index (χ4v) is 12.3. The summed E-state index contributed by atoms with van der Waals surface area (Å²) in [4.78, 5) is 27.2. The zero-order valence-corrected chi connectivity index (χ0v) is 28.8. The summed E-state index contributed by atoms with van der Waals surface area (Å²) < 4.78 is 11.4. The molecular formula is C36H56O12. The van der Waals surface area contributed by atoms with Gasteiger partial charge in [0.2, 0.25) is 6.29 Å². The summed E-state index contributed by atoms with van der Waals surface area (Å²) >= 11 is 0. The van der Waals surface area contributed by atoms with Crippen LogP contribution in [0.15, 0.2) is 11.6 Å². The summed E-state index contributed by atoms with van der Waals surface area (Å²) in [6.07, 6.45) is -2.28. The Hall–Kier alpha value is -1.64. The monoisotopic (exact) mass is 680 g/mol. The molecule has 0 aromatic rings. The van der Waals surface area contributed by atoms with Crippen LogP contribution in [0.4, 0.5) is 0 Å². The zero-order chi connectivity index (χ0) is 35.4. The number of hydrogen-bond donors (Lipinski definition) is 8. The van der Waals surface area contributed by atoms with Crippen molar-refractivity contribution in [3.05, 3.63) is 11.6 Å². The van der Waals surface area contributed by atoms with Crippen LogP contribution in [0.2, 0.25) is 0 Å². The highest BCUT2D eigenvalue weighted by Crippen LogP contribution is 2.76. The molecule has 0 spiro atoms. The van der Waals surface area contributed by atoms with Crippen LogP contribution in [0.5, 0.6) is 0 Å². The first-order chi connectivity index (χ1) is 22.3. The smallest absolute Gasteiger partial charge is 0.315 e. The highest BCUT2D eigenvalue weighted by atomic mass is 16.7. The molecule has 0 aromatic carbocycles. The van der Waals surface area contributed by atoms with Crippen LogP contribution in [0.1, 0.15) is 92.4 Å². The minimum Gasteiger partial charge on any atom is -0.481 e. The first-order valence-corrected chi connectivity index (χ1v) is 17.8. The van der Waals surface area contributed by atoms with Gasteiger partial charge in [-0.3, -0.25) is 9.59 Å². The standard InChI is InChI=1S/C36H56O12/c1-18-8-13-35(30(45)48-28-26(42)25(41)24(40)20(16-37)47-28)15-14-32(3)19(27(35)34(18,5)46)6-7-21-31(2)11-10-23(39)36(17-38,29(43)44)22(31)9-12-33(21,32)4/h6,18,20-28,37-42,46H,7-17H2,1-5H3,(H,43,44)/t18-,20-,21-,22-,23+,24-,25+,26-,27-,28+,31-,32-,33-,34-,35+,36+/m1/s1. The van der Waals surface area contributed by atoms with Crippen molar-refractivity contribution in [1.29, 1.82) is 0 Å². The number of fused-ring (bicyclic) bond motifs is 7. The topological polar surface area (TPSA) is 214 Å². The number of aliphatic hydroxyl groups is 7. The number of allylic oxidation sites excluding steroid dienone is 1. The van der Waals surface area contributed by atoms with Gasteiger partial charge in [0.15, 0.2) is 0 Å². The summed E-state index contributed by atoms with van der Waals surface area (Å²) in [6, 6.07) is 0. The number of carboxylic acid groups (broad SMARTS) is 1. The number of hydrogen-bond acceptors (Lipinski definition) is 11. The maximum Gasteiger partial charge on any atom is 0.315 e. The summed E-state index contributed by atoms with van der Waals surface area (Å²) in [6.45, 7) is 9.07. The van der Waals surface area contributed by atoms with Crippen molar-refractivity contribution in [3.8, 4) is 0 Å². The van der Waals surface area contributed by atoms with Crippen LogP contribution < -0.4 is 0 Å². The molecule has 1 heterocycles. The number of ether oxygens (including phenoxy) is 2. The van der Waals surface area contributed by atoms with Crippen molar-refractivity contribution in [2.75, 3.05) is 13.2 Å². The summed E-state index contributed by atoms with van der Waals surface area (Å²) in [5.74, 6) is -3.03. The minimum absolute atomic E-state index is 0.0230. The summed E-state index contributed by atoms with van der Waals surface area (Å²) in [5, 5.41) is 85.4. The molecule has 8 N–H and O–H groups in total. The highest BCUT2D eigenvalue weighted by molar-refractivity contribution is 5.79. The molecule has 0 amide bonds. The summed E-state index contributed by atoms with van der Waals surface area (Å²) in [7, 11) is 0. The van der Waals surface area contributed by atoms with Gasteiger partial charge in [0.1, 0.15) is 29.8 Å². The zero-order valence-electron chi connectivity index (χ0n) is 28.8. The number of aliphatic carboxylic acids is 1. The summed E-state index contributed by atoms with van der Waals surface area (Å²) in [5.41, 5.74) is -4.46. The van der Waals surface area contributed by atoms with Crippen molar-refractivity contribution >= 4 is 11.9 Å². The van der Waals surface area contributed by atoms with Crippen molar-refractivity contribution < 1.29 is 59.9 Å². The van der Waals surface area contributed by atoms with Gasteiger partial charge >= 0.3 is 11.9 Å². The second-order valence-electron chi connectivity index (χ2n) is 17.2. The second kappa shape index (κ2) is 11.7. The third kappa shape index (κ3) is 4.49. The number of rotatable bonds is 5. The van der Waals surface area contributed by atoms with Crippen LogP contribution >= 0.6 is 0 Å². The predicted molar refractivity (Wildman–Crippen MR) is 170 cm³/mol. The van der Waals surface area contributed by atoms with E-state index < -0.39 is 101 Å². The molecule has 0 radical (unpaired) electrons. The predicted octanol–water partition coefficient (Wildman–Crippen LogP) is 1.50. The van der Waals surface area contributed by atoms with Gasteiger partial charge < -0.3 is 50.3 Å². The average Bonchev–Trinajstić information content (AvgIpc) is 3.03. The van der Waals surface area contributed by atoms with E-state index in [0.29, 0.717) is 51.4 Å². The molecule has 4 saturated carbocycles. The van der Waals surface area contributed by atoms with Gasteiger partial charge in [-0.05, 0) is 98.7 Å². The molecular weight excluding hydrogens is 624 g/mol. The maximum atomic E-state index is 14.5. The van der Waals surface area contributed by atoms with E-state index in [1.165, 1.54) is 0 Å². The Bertz CT molecular complexity index is 1330. The van der Waals surface area contributed by atoms with Crippen molar-refractivity contribution in [2.45, 2.75) is 135 Å². The van der Waals surface area contributed by atoms with E-state index in [2.05, 4.69) is 26.8 Å². The molecule has 0 aromatic heterocycles. The molecule has 12 nitrogen and oxygen atoms in total. The molecule has 1 saturated heterocycles. The number of carbonyl (C=O) groups is 2. The third-order valence-electron chi connectivity index (χ3n) is 15.6. The van der Waals surface area contributed by atoms with Crippen molar-refractivity contribution in [2.24, 2.45) is 50.7 Å². The Labute approximate surface area is 282 Å². The molecule has 6 rings (SSSR count). The van der Waals surface area contributed by atoms with Crippen LogP contribution in [-0.4, -0.2) is 108 Å². The molecule has 0 bridgehead atoms. The van der Waals surface area contributed by atoms with Crippen LogP contribution in [0.3, 0.4) is 0 Å². The average molecular weight is 681 g/mol. The second-order valence-corrected chi connectivity index (χ2v) is 17.2. The molecule has 5 aliphatic carbocycles. The van der Waals surface area contributed by atoms with Crippen molar-refractivity contribution in [3.63, 3.8) is 0 Å². The van der Waals surface area contributed by atoms with Gasteiger partial charge in [-0.2, -0.15) is 0 Å². The lowest BCUT2D eigenvalue weighted by Gasteiger charge is -2.71. The van der Waals surface area contributed by atoms with E-state index in [4.69, 9.17) is 9.47 Å². The molecule has 1 aliphatic heterocycles. The van der Waals surface area contributed by atoms with E-state index in [0.717, 1.165) is 5.57 Å². The third-order valence-corrected chi connectivity index (χ3v) is 15.6. The largest absolute Gasteiger partial charge is 0.481 e. The number of esters is 1. The lowest BCUT2D eigenvalue weighted by Crippen LogP contribution is -2.69. The first-order valence-electron chi connectivity index (χ1n) is 17.8. The highest BCUT2D eigenvalue weighted by Gasteiger charge is 2.73. The Balaban J connectivity index is 1.40. The Morgan fingerprint density at radius 3 is 2.21 bits per heavy atom. The van der Waals surface area contributed by atoms with Gasteiger partial charge in [0, 0.05) is 5.92 Å². The lowest BCUT2D eigenvalue weighted by atomic mass is 9.33. The van der Waals surface area contributed by atoms with Crippen LogP contribution in [0, 0.1) is 50.7 Å². The number of aliphatic hydroxyl groups excluding tert-OH is 6. The molecule has 272 valence electrons. The molecule has 48 heavy (non-hydrogen) atoms. The van der Waals surface area contributed by atoms with Gasteiger partial charge in [0.05, 0.1) is 30.3 Å². The van der Waals surface area contributed by atoms with E-state index in [1.807, 2.05) is 6.92 Å². The Morgan fingerprint density at radius 2 is 1.58 bits per heavy atom. The van der Waals surface area contributed by atoms with E-state index in [1.54, 1.807) is 6.92 Å². The molecule has 5 fully saturated rings. The number of carboxylic acids is 1. The van der Waals surface area contributed by atoms with Gasteiger partial charge in [-0.1, -0.05) is 39.3 Å². The Morgan fingerprint density at radius 1 is 0.896 bits per heavy atom. The molecule has 12 heteroatoms. The van der Waals surface area contributed by atoms with Gasteiger partial charge in [-0.15, -0.1) is 0 Å². The first kappa shape index (κ1) is 36.2. The lowest BCUT2D eigenvalue weighted by molar-refractivity contribution is -0.299. The Kier molecular flexibility index (Phi) is 8.81. The van der Waals surface area contributed by atoms with Crippen LogP contribution in [0.25, 0.3) is 0 Å². The van der Waals surface area contributed by atoms with Gasteiger partial charge in [0.25, 0.3) is 0 Å². The maximum absolute atomic E-state index is 14.5. The molecule has 6 aliphatic rings. The molecule has 16 atom stereocenters. The normalized spacial score (nSPS) is 54.9. The quantitative estimate of drug-likeness (QED) is 0.153. The minimum atomic E-state index is -1.74. The van der Waals surface area contributed by atoms with E-state index in [9.17, 15) is 50.4 Å². The SMILES string of the molecule is C[C@@H]1CC[C@]2(C(=O)O[C@@H]3O[C@H](CO)[C@@H](O)[C@H](O)[C@H]3O)CC[C@]3(C)C(=CC[C@@H]4[C@@]5(C)CC[C@H](O)[C@@](CO)(C(=O)O)[C@@H]5CC[C@]43C)[C@@H]2[C@]1(C)O.